The van der Waals surface area contributed by atoms with Gasteiger partial charge in [0, 0.05) is 19.1 Å². The first-order valence-corrected chi connectivity index (χ1v) is 7.66. The largest absolute Gasteiger partial charge is 0.360 e. The zero-order chi connectivity index (χ0) is 15.2. The number of carbonyl (C=O) groups is 1. The van der Waals surface area contributed by atoms with Crippen molar-refractivity contribution in [3.05, 3.63) is 30.1 Å². The molecule has 0 saturated heterocycles. The molecule has 1 amide bonds. The molecule has 4 nitrogen and oxygen atoms in total. The summed E-state index contributed by atoms with van der Waals surface area (Å²) in [6.45, 7) is 4.03. The van der Waals surface area contributed by atoms with Gasteiger partial charge >= 0.3 is 0 Å². The molecule has 1 saturated carbocycles. The van der Waals surface area contributed by atoms with Crippen molar-refractivity contribution in [2.75, 3.05) is 31.1 Å². The number of carbonyl (C=O) groups excluding carboxylic acids is 1. The Morgan fingerprint density at radius 2 is 2.10 bits per heavy atom. The van der Waals surface area contributed by atoms with Gasteiger partial charge in [0.05, 0.1) is 12.2 Å². The quantitative estimate of drug-likeness (QED) is 0.797. The van der Waals surface area contributed by atoms with E-state index in [1.165, 1.54) is 6.07 Å². The fourth-order valence-electron chi connectivity index (χ4n) is 2.55. The normalized spacial score (nSPS) is 14.0. The lowest BCUT2D eigenvalue weighted by molar-refractivity contribution is -0.130. The summed E-state index contributed by atoms with van der Waals surface area (Å²) in [7, 11) is 0. The third-order valence-corrected chi connectivity index (χ3v) is 3.80. The summed E-state index contributed by atoms with van der Waals surface area (Å²) in [6.07, 6.45) is 2.90. The first-order valence-electron chi connectivity index (χ1n) is 7.66. The minimum atomic E-state index is -0.295. The first kappa shape index (κ1) is 15.8. The summed E-state index contributed by atoms with van der Waals surface area (Å²) in [4.78, 5) is 16.1. The van der Waals surface area contributed by atoms with Gasteiger partial charge in [-0.25, -0.2) is 4.39 Å². The van der Waals surface area contributed by atoms with Crippen LogP contribution in [-0.4, -0.2) is 43.0 Å². The maximum atomic E-state index is 14.0. The summed E-state index contributed by atoms with van der Waals surface area (Å²) in [5, 5.41) is 0. The van der Waals surface area contributed by atoms with Gasteiger partial charge in [-0.15, -0.1) is 0 Å². The van der Waals surface area contributed by atoms with E-state index in [0.717, 1.165) is 19.3 Å². The van der Waals surface area contributed by atoms with Gasteiger partial charge in [-0.05, 0) is 44.9 Å². The maximum Gasteiger partial charge on any atom is 0.242 e. The van der Waals surface area contributed by atoms with Crippen LogP contribution in [0.15, 0.2) is 24.3 Å². The number of halogens is 1. The van der Waals surface area contributed by atoms with Crippen molar-refractivity contribution in [3.63, 3.8) is 0 Å². The molecule has 0 aliphatic heterocycles. The molecule has 0 aromatic heterocycles. The Labute approximate surface area is 125 Å². The van der Waals surface area contributed by atoms with Crippen molar-refractivity contribution >= 4 is 11.6 Å². The molecule has 5 heteroatoms. The molecule has 0 radical (unpaired) electrons. The van der Waals surface area contributed by atoms with E-state index in [1.54, 1.807) is 23.1 Å². The lowest BCUT2D eigenvalue weighted by Crippen LogP contribution is -2.42. The molecule has 2 rings (SSSR count). The number of nitrogens with two attached hydrogens (primary N) is 1. The molecular formula is C16H24FN3O. The number of rotatable bonds is 8. The van der Waals surface area contributed by atoms with Crippen LogP contribution in [0, 0.1) is 5.82 Å². The van der Waals surface area contributed by atoms with Gasteiger partial charge in [-0.3, -0.25) is 4.79 Å². The Balaban J connectivity index is 2.08. The third kappa shape index (κ3) is 4.17. The Bertz CT molecular complexity index is 476. The second-order valence-corrected chi connectivity index (χ2v) is 5.43. The Morgan fingerprint density at radius 3 is 2.67 bits per heavy atom. The maximum absolute atomic E-state index is 14.0. The molecule has 2 N–H and O–H groups in total. The molecule has 0 heterocycles. The highest BCUT2D eigenvalue weighted by atomic mass is 19.1. The number of hydrogen-bond acceptors (Lipinski definition) is 3. The molecule has 1 aromatic carbocycles. The molecule has 0 spiro atoms. The number of benzene rings is 1. The van der Waals surface area contributed by atoms with Crippen molar-refractivity contribution in [2.24, 2.45) is 5.73 Å². The lowest BCUT2D eigenvalue weighted by atomic mass is 10.2. The van der Waals surface area contributed by atoms with Crippen molar-refractivity contribution < 1.29 is 9.18 Å². The van der Waals surface area contributed by atoms with Gasteiger partial charge in [-0.2, -0.15) is 0 Å². The summed E-state index contributed by atoms with van der Waals surface area (Å²) in [5.74, 6) is -0.225. The van der Waals surface area contributed by atoms with E-state index >= 15 is 0 Å². The van der Waals surface area contributed by atoms with Crippen LogP contribution in [-0.2, 0) is 4.79 Å². The van der Waals surface area contributed by atoms with Crippen LogP contribution in [0.1, 0.15) is 26.2 Å². The summed E-state index contributed by atoms with van der Waals surface area (Å²) >= 11 is 0. The van der Waals surface area contributed by atoms with Gasteiger partial charge in [-0.1, -0.05) is 12.1 Å². The van der Waals surface area contributed by atoms with Crippen LogP contribution >= 0.6 is 0 Å². The average Bonchev–Trinajstić information content (AvgIpc) is 3.29. The van der Waals surface area contributed by atoms with Crippen LogP contribution in [0.4, 0.5) is 10.1 Å². The molecule has 0 bridgehead atoms. The predicted molar refractivity (Wildman–Crippen MR) is 82.7 cm³/mol. The van der Waals surface area contributed by atoms with E-state index in [0.29, 0.717) is 31.4 Å². The van der Waals surface area contributed by atoms with Crippen LogP contribution in [0.3, 0.4) is 0 Å². The van der Waals surface area contributed by atoms with E-state index in [4.69, 9.17) is 5.73 Å². The van der Waals surface area contributed by atoms with E-state index in [2.05, 4.69) is 0 Å². The van der Waals surface area contributed by atoms with E-state index in [-0.39, 0.29) is 18.3 Å². The lowest BCUT2D eigenvalue weighted by Gasteiger charge is -2.28. The molecule has 1 aliphatic carbocycles. The monoisotopic (exact) mass is 293 g/mol. The molecular weight excluding hydrogens is 269 g/mol. The second-order valence-electron chi connectivity index (χ2n) is 5.43. The van der Waals surface area contributed by atoms with Crippen molar-refractivity contribution in [2.45, 2.75) is 32.2 Å². The average molecular weight is 293 g/mol. The van der Waals surface area contributed by atoms with Gasteiger partial charge < -0.3 is 15.5 Å². The van der Waals surface area contributed by atoms with Gasteiger partial charge in [0.2, 0.25) is 5.91 Å². The fraction of sp³-hybridized carbons (Fsp3) is 0.562. The highest BCUT2D eigenvalue weighted by molar-refractivity contribution is 5.82. The number of anilines is 1. The standard InChI is InChI=1S/C16H24FN3O/c1-2-20(13-8-9-13)16(21)12-19(11-5-10-18)15-7-4-3-6-14(15)17/h3-4,6-7,13H,2,5,8-12,18H2,1H3. The summed E-state index contributed by atoms with van der Waals surface area (Å²) in [5.41, 5.74) is 6.03. The fourth-order valence-corrected chi connectivity index (χ4v) is 2.55. The highest BCUT2D eigenvalue weighted by Crippen LogP contribution is 2.27. The van der Waals surface area contributed by atoms with E-state index in [1.807, 2.05) is 11.8 Å². The van der Waals surface area contributed by atoms with Crippen molar-refractivity contribution in [1.82, 2.24) is 4.90 Å². The SMILES string of the molecule is CCN(C(=O)CN(CCCN)c1ccccc1F)C1CC1. The summed E-state index contributed by atoms with van der Waals surface area (Å²) in [6, 6.07) is 6.97. The first-order chi connectivity index (χ1) is 10.2. The van der Waals surface area contributed by atoms with E-state index in [9.17, 15) is 9.18 Å². The second kappa shape index (κ2) is 7.41. The van der Waals surface area contributed by atoms with Crippen LogP contribution in [0.25, 0.3) is 0 Å². The topological polar surface area (TPSA) is 49.6 Å². The number of nitrogens with zero attached hydrogens (tertiary/aromatic N) is 2. The number of para-hydroxylation sites is 1. The minimum Gasteiger partial charge on any atom is -0.360 e. The molecule has 0 unspecified atom stereocenters. The van der Waals surface area contributed by atoms with Crippen molar-refractivity contribution in [3.8, 4) is 0 Å². The number of amides is 1. The molecule has 1 aromatic rings. The minimum absolute atomic E-state index is 0.0697. The van der Waals surface area contributed by atoms with Gasteiger partial charge in [0.15, 0.2) is 0 Å². The van der Waals surface area contributed by atoms with Crippen LogP contribution in [0.2, 0.25) is 0 Å². The zero-order valence-electron chi connectivity index (χ0n) is 12.6. The van der Waals surface area contributed by atoms with Gasteiger partial charge in [0.1, 0.15) is 5.82 Å². The van der Waals surface area contributed by atoms with Crippen LogP contribution in [0.5, 0.6) is 0 Å². The smallest absolute Gasteiger partial charge is 0.242 e. The number of likely N-dealkylation sites (N-methyl/N-ethyl adjacent to an activating group) is 1. The van der Waals surface area contributed by atoms with Crippen molar-refractivity contribution in [1.29, 1.82) is 0 Å². The predicted octanol–water partition coefficient (Wildman–Crippen LogP) is 1.99. The highest BCUT2D eigenvalue weighted by Gasteiger charge is 2.32. The molecule has 21 heavy (non-hydrogen) atoms. The Hall–Kier alpha value is -1.62. The Morgan fingerprint density at radius 1 is 1.38 bits per heavy atom. The van der Waals surface area contributed by atoms with Crippen LogP contribution < -0.4 is 10.6 Å². The zero-order valence-corrected chi connectivity index (χ0v) is 12.6. The summed E-state index contributed by atoms with van der Waals surface area (Å²) < 4.78 is 14.0. The van der Waals surface area contributed by atoms with E-state index < -0.39 is 0 Å². The molecule has 116 valence electrons. The molecule has 1 aliphatic rings. The van der Waals surface area contributed by atoms with Gasteiger partial charge in [0.25, 0.3) is 0 Å². The third-order valence-electron chi connectivity index (χ3n) is 3.80. The molecule has 0 atom stereocenters. The molecule has 1 fully saturated rings. The Kier molecular flexibility index (Phi) is 5.56. The number of hydrogen-bond donors (Lipinski definition) is 1.